The molecule has 2 heterocycles. The fourth-order valence-corrected chi connectivity index (χ4v) is 2.62. The summed E-state index contributed by atoms with van der Waals surface area (Å²) < 4.78 is 0. The van der Waals surface area contributed by atoms with Crippen LogP contribution in [0.5, 0.6) is 0 Å². The second kappa shape index (κ2) is 5.61. The molecule has 1 aliphatic heterocycles. The van der Waals surface area contributed by atoms with E-state index in [1.807, 2.05) is 32.0 Å². The molecule has 3 rings (SSSR count). The third-order valence-corrected chi connectivity index (χ3v) is 3.62. The Balaban J connectivity index is 1.72. The normalized spacial score (nSPS) is 17.1. The lowest BCUT2D eigenvalue weighted by molar-refractivity contribution is -0.118. The van der Waals surface area contributed by atoms with Crippen molar-refractivity contribution in [2.24, 2.45) is 0 Å². The molecule has 1 atom stereocenters. The van der Waals surface area contributed by atoms with Crippen molar-refractivity contribution in [2.45, 2.75) is 32.9 Å². The average Bonchev–Trinajstić information content (AvgIpc) is 2.45. The van der Waals surface area contributed by atoms with Gasteiger partial charge in [0, 0.05) is 17.9 Å². The highest BCUT2D eigenvalue weighted by atomic mass is 16.2. The molecule has 5 heteroatoms. The number of benzene rings is 1. The first kappa shape index (κ1) is 13.7. The molecule has 0 aliphatic carbocycles. The zero-order valence-corrected chi connectivity index (χ0v) is 12.2. The number of hydrogen-bond acceptors (Lipinski definition) is 4. The van der Waals surface area contributed by atoms with Gasteiger partial charge >= 0.3 is 0 Å². The molecule has 0 radical (unpaired) electrons. The second-order valence-electron chi connectivity index (χ2n) is 5.37. The first-order valence-corrected chi connectivity index (χ1v) is 7.05. The predicted octanol–water partition coefficient (Wildman–Crippen LogP) is 1.75. The van der Waals surface area contributed by atoms with E-state index in [2.05, 4.69) is 32.7 Å². The van der Waals surface area contributed by atoms with Crippen LogP contribution in [0.1, 0.15) is 22.5 Å². The Morgan fingerprint density at radius 2 is 1.86 bits per heavy atom. The van der Waals surface area contributed by atoms with Crippen molar-refractivity contribution in [2.75, 3.05) is 5.32 Å². The number of fused-ring (bicyclic) bond motifs is 1. The summed E-state index contributed by atoms with van der Waals surface area (Å²) in [7, 11) is 0. The van der Waals surface area contributed by atoms with Crippen LogP contribution >= 0.6 is 0 Å². The van der Waals surface area contributed by atoms with Crippen molar-refractivity contribution in [3.8, 4) is 0 Å². The van der Waals surface area contributed by atoms with E-state index in [-0.39, 0.29) is 11.9 Å². The second-order valence-corrected chi connectivity index (χ2v) is 5.37. The van der Waals surface area contributed by atoms with Crippen LogP contribution in [-0.2, 0) is 17.8 Å². The van der Waals surface area contributed by atoms with Gasteiger partial charge in [0.05, 0.1) is 6.04 Å². The number of carbonyl (C=O) groups excluding carboxylic acids is 1. The molecule has 21 heavy (non-hydrogen) atoms. The molecule has 2 aromatic rings. The summed E-state index contributed by atoms with van der Waals surface area (Å²) in [5.41, 5.74) is 4.17. The number of amides is 1. The Morgan fingerprint density at radius 1 is 1.19 bits per heavy atom. The molecule has 0 unspecified atom stereocenters. The highest BCUT2D eigenvalue weighted by Gasteiger charge is 2.24. The molecule has 0 bridgehead atoms. The van der Waals surface area contributed by atoms with Gasteiger partial charge in [-0.25, -0.2) is 9.97 Å². The third-order valence-electron chi connectivity index (χ3n) is 3.62. The summed E-state index contributed by atoms with van der Waals surface area (Å²) in [5, 5.41) is 6.06. The fourth-order valence-electron chi connectivity index (χ4n) is 2.62. The van der Waals surface area contributed by atoms with Gasteiger partial charge in [-0.15, -0.1) is 0 Å². The molecule has 1 amide bonds. The van der Waals surface area contributed by atoms with Gasteiger partial charge in [0.2, 0.25) is 11.9 Å². The predicted molar refractivity (Wildman–Crippen MR) is 80.9 cm³/mol. The van der Waals surface area contributed by atoms with Gasteiger partial charge < -0.3 is 5.32 Å². The lowest BCUT2D eigenvalue weighted by Crippen LogP contribution is -2.45. The van der Waals surface area contributed by atoms with E-state index >= 15 is 0 Å². The van der Waals surface area contributed by atoms with E-state index < -0.39 is 0 Å². The molecule has 1 aromatic heterocycles. The number of carbonyl (C=O) groups is 1. The van der Waals surface area contributed by atoms with Crippen LogP contribution < -0.4 is 10.6 Å². The van der Waals surface area contributed by atoms with E-state index in [9.17, 15) is 4.79 Å². The van der Waals surface area contributed by atoms with Crippen LogP contribution in [0.2, 0.25) is 0 Å². The molecule has 5 nitrogen and oxygen atoms in total. The lowest BCUT2D eigenvalue weighted by Gasteiger charge is -2.25. The van der Waals surface area contributed by atoms with E-state index in [1.54, 1.807) is 0 Å². The Kier molecular flexibility index (Phi) is 3.66. The number of rotatable bonds is 2. The Hall–Kier alpha value is -2.27. The molecule has 0 spiro atoms. The first-order valence-electron chi connectivity index (χ1n) is 7.05. The largest absolute Gasteiger partial charge is 0.301 e. The first-order chi connectivity index (χ1) is 10.1. The maximum Gasteiger partial charge on any atom is 0.244 e. The van der Waals surface area contributed by atoms with Crippen LogP contribution in [-0.4, -0.2) is 21.9 Å². The van der Waals surface area contributed by atoms with E-state index in [1.165, 1.54) is 11.1 Å². The molecule has 0 fully saturated rings. The van der Waals surface area contributed by atoms with Crippen LogP contribution in [0.25, 0.3) is 0 Å². The van der Waals surface area contributed by atoms with Gasteiger partial charge in [-0.05, 0) is 37.5 Å². The summed E-state index contributed by atoms with van der Waals surface area (Å²) in [4.78, 5) is 20.8. The maximum atomic E-state index is 12.3. The number of anilines is 1. The Bertz CT molecular complexity index is 663. The summed E-state index contributed by atoms with van der Waals surface area (Å²) in [5.74, 6) is 0.285. The highest BCUT2D eigenvalue weighted by molar-refractivity contribution is 5.93. The van der Waals surface area contributed by atoms with Crippen molar-refractivity contribution in [1.29, 1.82) is 0 Å². The van der Waals surface area contributed by atoms with Crippen LogP contribution in [0.15, 0.2) is 30.3 Å². The van der Waals surface area contributed by atoms with Crippen molar-refractivity contribution in [1.82, 2.24) is 15.3 Å². The summed E-state index contributed by atoms with van der Waals surface area (Å²) in [6, 6.07) is 9.82. The van der Waals surface area contributed by atoms with Crippen LogP contribution in [0.3, 0.4) is 0 Å². The highest BCUT2D eigenvalue weighted by Crippen LogP contribution is 2.17. The number of nitrogens with one attached hydrogen (secondary N) is 2. The molecule has 1 aromatic carbocycles. The van der Waals surface area contributed by atoms with Gasteiger partial charge in [-0.2, -0.15) is 0 Å². The van der Waals surface area contributed by atoms with Crippen molar-refractivity contribution >= 4 is 11.9 Å². The van der Waals surface area contributed by atoms with E-state index in [0.717, 1.165) is 11.4 Å². The zero-order valence-electron chi connectivity index (χ0n) is 12.2. The lowest BCUT2D eigenvalue weighted by atomic mass is 9.95. The van der Waals surface area contributed by atoms with Crippen LogP contribution in [0.4, 0.5) is 5.95 Å². The minimum Gasteiger partial charge on any atom is -0.301 e. The van der Waals surface area contributed by atoms with Crippen LogP contribution in [0, 0.1) is 13.8 Å². The molecular weight excluding hydrogens is 264 g/mol. The standard InChI is InChI=1S/C16H18N4O/c1-10-7-11(2)19-16(18-10)20-15(21)14-8-12-5-3-4-6-13(12)9-17-14/h3-7,14,17H,8-9H2,1-2H3,(H,18,19,20,21)/t14-/m1/s1. The summed E-state index contributed by atoms with van der Waals surface area (Å²) in [6.45, 7) is 4.49. The fraction of sp³-hybridized carbons (Fsp3) is 0.312. The van der Waals surface area contributed by atoms with Crippen molar-refractivity contribution < 1.29 is 4.79 Å². The van der Waals surface area contributed by atoms with Gasteiger partial charge in [-0.1, -0.05) is 24.3 Å². The number of nitrogens with zero attached hydrogens (tertiary/aromatic N) is 2. The van der Waals surface area contributed by atoms with Crippen molar-refractivity contribution in [3.05, 3.63) is 52.8 Å². The van der Waals surface area contributed by atoms with E-state index in [0.29, 0.717) is 18.9 Å². The van der Waals surface area contributed by atoms with E-state index in [4.69, 9.17) is 0 Å². The average molecular weight is 282 g/mol. The number of aromatic nitrogens is 2. The summed E-state index contributed by atoms with van der Waals surface area (Å²) >= 11 is 0. The Morgan fingerprint density at radius 3 is 2.57 bits per heavy atom. The molecule has 1 aliphatic rings. The minimum atomic E-state index is -0.246. The maximum absolute atomic E-state index is 12.3. The molecule has 108 valence electrons. The smallest absolute Gasteiger partial charge is 0.244 e. The van der Waals surface area contributed by atoms with Gasteiger partial charge in [0.1, 0.15) is 0 Å². The molecule has 0 saturated carbocycles. The molecule has 0 saturated heterocycles. The SMILES string of the molecule is Cc1cc(C)nc(NC(=O)[C@H]2Cc3ccccc3CN2)n1. The molecular formula is C16H18N4O. The van der Waals surface area contributed by atoms with Gasteiger partial charge in [0.15, 0.2) is 0 Å². The third kappa shape index (κ3) is 3.08. The number of aryl methyl sites for hydroxylation is 2. The zero-order chi connectivity index (χ0) is 14.8. The number of hydrogen-bond donors (Lipinski definition) is 2. The van der Waals surface area contributed by atoms with Gasteiger partial charge in [0.25, 0.3) is 0 Å². The summed E-state index contributed by atoms with van der Waals surface area (Å²) in [6.07, 6.45) is 0.687. The Labute approximate surface area is 123 Å². The topological polar surface area (TPSA) is 66.9 Å². The monoisotopic (exact) mass is 282 g/mol. The molecule has 2 N–H and O–H groups in total. The van der Waals surface area contributed by atoms with Crippen molar-refractivity contribution in [3.63, 3.8) is 0 Å². The minimum absolute atomic E-state index is 0.0884. The van der Waals surface area contributed by atoms with Gasteiger partial charge in [-0.3, -0.25) is 10.1 Å². The quantitative estimate of drug-likeness (QED) is 0.880.